The first-order chi connectivity index (χ1) is 9.05. The van der Waals surface area contributed by atoms with Gasteiger partial charge in [0.15, 0.2) is 11.3 Å². The third-order valence-corrected chi connectivity index (χ3v) is 3.55. The first-order valence-electron chi connectivity index (χ1n) is 6.50. The van der Waals surface area contributed by atoms with Crippen molar-refractivity contribution in [2.45, 2.75) is 39.0 Å². The molecule has 2 heterocycles. The summed E-state index contributed by atoms with van der Waals surface area (Å²) in [5.74, 6) is 1.64. The van der Waals surface area contributed by atoms with Crippen LogP contribution in [0, 0.1) is 0 Å². The topological polar surface area (TPSA) is 57.6 Å². The SMILES string of the molecule is COCc1c(CN)oc2c3c(ccc12)CC(C)(C)O3. The van der Waals surface area contributed by atoms with Gasteiger partial charge in [-0.15, -0.1) is 0 Å². The van der Waals surface area contributed by atoms with Gasteiger partial charge in [0, 0.05) is 30.0 Å². The minimum Gasteiger partial charge on any atom is -0.483 e. The number of furan rings is 1. The molecule has 2 aromatic rings. The third kappa shape index (κ3) is 1.91. The van der Waals surface area contributed by atoms with Crippen molar-refractivity contribution in [3.63, 3.8) is 0 Å². The highest BCUT2D eigenvalue weighted by atomic mass is 16.5. The van der Waals surface area contributed by atoms with Crippen LogP contribution in [0.3, 0.4) is 0 Å². The van der Waals surface area contributed by atoms with Gasteiger partial charge in [0.05, 0.1) is 13.2 Å². The average molecular weight is 261 g/mol. The van der Waals surface area contributed by atoms with Crippen LogP contribution in [0.15, 0.2) is 16.5 Å². The fourth-order valence-electron chi connectivity index (χ4n) is 2.77. The van der Waals surface area contributed by atoms with E-state index in [9.17, 15) is 0 Å². The normalized spacial score (nSPS) is 16.6. The lowest BCUT2D eigenvalue weighted by Crippen LogP contribution is -2.24. The molecule has 4 heteroatoms. The van der Waals surface area contributed by atoms with Crippen molar-refractivity contribution in [3.8, 4) is 5.75 Å². The number of benzene rings is 1. The van der Waals surface area contributed by atoms with E-state index in [0.717, 1.165) is 34.5 Å². The molecule has 102 valence electrons. The Morgan fingerprint density at radius 2 is 2.16 bits per heavy atom. The second kappa shape index (κ2) is 4.25. The number of hydrogen-bond donors (Lipinski definition) is 1. The maximum atomic E-state index is 6.02. The zero-order valence-electron chi connectivity index (χ0n) is 11.6. The molecule has 4 nitrogen and oxygen atoms in total. The number of ether oxygens (including phenoxy) is 2. The van der Waals surface area contributed by atoms with Gasteiger partial charge in [-0.3, -0.25) is 0 Å². The van der Waals surface area contributed by atoms with Crippen LogP contribution in [0.5, 0.6) is 5.75 Å². The summed E-state index contributed by atoms with van der Waals surface area (Å²) in [6, 6.07) is 4.19. The molecule has 2 N–H and O–H groups in total. The number of rotatable bonds is 3. The van der Waals surface area contributed by atoms with Crippen LogP contribution in [-0.4, -0.2) is 12.7 Å². The molecule has 0 saturated carbocycles. The molecule has 0 fully saturated rings. The molecule has 0 aliphatic carbocycles. The Kier molecular flexibility index (Phi) is 2.80. The molecule has 1 aromatic heterocycles. The molecule has 1 aliphatic heterocycles. The molecule has 0 saturated heterocycles. The lowest BCUT2D eigenvalue weighted by molar-refractivity contribution is 0.138. The minimum absolute atomic E-state index is 0.173. The van der Waals surface area contributed by atoms with E-state index in [2.05, 4.69) is 26.0 Å². The Morgan fingerprint density at radius 1 is 1.37 bits per heavy atom. The highest BCUT2D eigenvalue weighted by molar-refractivity contribution is 5.89. The Hall–Kier alpha value is -1.52. The minimum atomic E-state index is -0.173. The largest absolute Gasteiger partial charge is 0.483 e. The van der Waals surface area contributed by atoms with E-state index in [1.165, 1.54) is 5.56 Å². The van der Waals surface area contributed by atoms with E-state index < -0.39 is 0 Å². The van der Waals surface area contributed by atoms with Crippen LogP contribution in [0.1, 0.15) is 30.7 Å². The smallest absolute Gasteiger partial charge is 0.176 e. The van der Waals surface area contributed by atoms with Crippen LogP contribution in [0.25, 0.3) is 11.0 Å². The van der Waals surface area contributed by atoms with Crippen LogP contribution in [0.4, 0.5) is 0 Å². The van der Waals surface area contributed by atoms with E-state index in [4.69, 9.17) is 19.6 Å². The van der Waals surface area contributed by atoms with E-state index in [1.54, 1.807) is 7.11 Å². The van der Waals surface area contributed by atoms with Gasteiger partial charge in [-0.1, -0.05) is 12.1 Å². The van der Waals surface area contributed by atoms with E-state index in [-0.39, 0.29) is 5.60 Å². The van der Waals surface area contributed by atoms with E-state index in [1.807, 2.05) is 0 Å². The fraction of sp³-hybridized carbons (Fsp3) is 0.467. The highest BCUT2D eigenvalue weighted by Gasteiger charge is 2.33. The zero-order valence-corrected chi connectivity index (χ0v) is 11.6. The fourth-order valence-corrected chi connectivity index (χ4v) is 2.77. The molecule has 0 bridgehead atoms. The van der Waals surface area contributed by atoms with Gasteiger partial charge < -0.3 is 19.6 Å². The Labute approximate surface area is 112 Å². The standard InChI is InChI=1S/C15H19NO3/c1-15(2)6-9-4-5-10-11(8-17-3)12(7-16)18-14(10)13(9)19-15/h4-5H,6-8,16H2,1-3H3. The number of nitrogens with two attached hydrogens (primary N) is 1. The second-order valence-corrected chi connectivity index (χ2v) is 5.61. The molecular formula is C15H19NO3. The number of hydrogen-bond acceptors (Lipinski definition) is 4. The van der Waals surface area contributed by atoms with Gasteiger partial charge in [0.1, 0.15) is 11.4 Å². The molecule has 0 unspecified atom stereocenters. The first-order valence-corrected chi connectivity index (χ1v) is 6.50. The predicted molar refractivity (Wildman–Crippen MR) is 73.2 cm³/mol. The predicted octanol–water partition coefficient (Wildman–Crippen LogP) is 2.75. The van der Waals surface area contributed by atoms with Gasteiger partial charge in [-0.25, -0.2) is 0 Å². The second-order valence-electron chi connectivity index (χ2n) is 5.61. The van der Waals surface area contributed by atoms with Crippen molar-refractivity contribution in [3.05, 3.63) is 29.0 Å². The summed E-state index contributed by atoms with van der Waals surface area (Å²) in [5.41, 5.74) is 8.60. The molecule has 0 spiro atoms. The molecule has 0 radical (unpaired) electrons. The first kappa shape index (κ1) is 12.5. The molecule has 1 aromatic carbocycles. The lowest BCUT2D eigenvalue weighted by Gasteiger charge is -2.16. The van der Waals surface area contributed by atoms with E-state index in [0.29, 0.717) is 13.2 Å². The summed E-state index contributed by atoms with van der Waals surface area (Å²) in [5, 5.41) is 1.04. The van der Waals surface area contributed by atoms with Crippen molar-refractivity contribution in [2.75, 3.05) is 7.11 Å². The maximum absolute atomic E-state index is 6.02. The Morgan fingerprint density at radius 3 is 2.84 bits per heavy atom. The highest BCUT2D eigenvalue weighted by Crippen LogP contribution is 2.43. The third-order valence-electron chi connectivity index (χ3n) is 3.55. The van der Waals surface area contributed by atoms with Crippen molar-refractivity contribution < 1.29 is 13.9 Å². The van der Waals surface area contributed by atoms with Crippen molar-refractivity contribution in [1.29, 1.82) is 0 Å². The zero-order chi connectivity index (χ0) is 13.6. The van der Waals surface area contributed by atoms with E-state index >= 15 is 0 Å². The summed E-state index contributed by atoms with van der Waals surface area (Å²) >= 11 is 0. The molecule has 19 heavy (non-hydrogen) atoms. The molecule has 0 amide bonds. The van der Waals surface area contributed by atoms with Crippen LogP contribution in [-0.2, 0) is 24.3 Å². The molecule has 1 aliphatic rings. The van der Waals surface area contributed by atoms with Crippen molar-refractivity contribution in [1.82, 2.24) is 0 Å². The lowest BCUT2D eigenvalue weighted by atomic mass is 10.0. The van der Waals surface area contributed by atoms with Gasteiger partial charge in [-0.2, -0.15) is 0 Å². The molecule has 3 rings (SSSR count). The number of methoxy groups -OCH3 is 1. The summed E-state index contributed by atoms with van der Waals surface area (Å²) in [6.45, 7) is 5.04. The van der Waals surface area contributed by atoms with Crippen molar-refractivity contribution >= 4 is 11.0 Å². The van der Waals surface area contributed by atoms with Crippen LogP contribution >= 0.6 is 0 Å². The summed E-state index contributed by atoms with van der Waals surface area (Å²) in [7, 11) is 1.67. The summed E-state index contributed by atoms with van der Waals surface area (Å²) in [6.07, 6.45) is 0.899. The van der Waals surface area contributed by atoms with Gasteiger partial charge in [-0.05, 0) is 13.8 Å². The monoisotopic (exact) mass is 261 g/mol. The average Bonchev–Trinajstić information content (AvgIpc) is 2.86. The number of fused-ring (bicyclic) bond motifs is 3. The Bertz CT molecular complexity index is 628. The summed E-state index contributed by atoms with van der Waals surface area (Å²) in [4.78, 5) is 0. The van der Waals surface area contributed by atoms with Gasteiger partial charge in [0.25, 0.3) is 0 Å². The van der Waals surface area contributed by atoms with Crippen LogP contribution in [0.2, 0.25) is 0 Å². The van der Waals surface area contributed by atoms with Crippen molar-refractivity contribution in [2.24, 2.45) is 5.73 Å². The Balaban J connectivity index is 2.21. The quantitative estimate of drug-likeness (QED) is 0.923. The summed E-state index contributed by atoms with van der Waals surface area (Å²) < 4.78 is 17.2. The molecule has 0 atom stereocenters. The van der Waals surface area contributed by atoms with Gasteiger partial charge in [0.2, 0.25) is 0 Å². The van der Waals surface area contributed by atoms with Crippen LogP contribution < -0.4 is 10.5 Å². The maximum Gasteiger partial charge on any atom is 0.176 e. The van der Waals surface area contributed by atoms with Gasteiger partial charge >= 0.3 is 0 Å². The molecular weight excluding hydrogens is 242 g/mol.